The maximum Gasteiger partial charge on any atom is 0.306 e. The molecule has 2 saturated carbocycles. The first-order valence-corrected chi connectivity index (χ1v) is 18.3. The molecule has 0 aromatic heterocycles. The number of hydrogen-bond donors (Lipinski definition) is 4. The van der Waals surface area contributed by atoms with E-state index in [1.165, 1.54) is 64.7 Å². The summed E-state index contributed by atoms with van der Waals surface area (Å²) in [4.78, 5) is 39.3. The van der Waals surface area contributed by atoms with Gasteiger partial charge in [0.25, 0.3) is 0 Å². The standard InChI is InChI=1S/C38H60O9/c1-6-7-8-9-10-11-12-13-14-15-16-17-18-19-31(42)46-34-26(3)37(45)29(32-35(5,24-40)38(32,34)47-27(4)41)21-28(23-39)22-36(44)30(37)20-25(2)33(36)43/h20-21,26,29-30,32,34,39-40,44-45H,6-19,22-24H2,1-5H3/t26-,29+,30+,32+,34+,35+,36+,37+,38-/m1/s1. The van der Waals surface area contributed by atoms with E-state index in [9.17, 15) is 34.8 Å². The molecule has 47 heavy (non-hydrogen) atoms. The van der Waals surface area contributed by atoms with Gasteiger partial charge in [-0.3, -0.25) is 14.4 Å². The highest BCUT2D eigenvalue weighted by atomic mass is 16.6. The van der Waals surface area contributed by atoms with Gasteiger partial charge in [-0.2, -0.15) is 0 Å². The fourth-order valence-corrected chi connectivity index (χ4v) is 9.57. The molecule has 0 amide bonds. The van der Waals surface area contributed by atoms with Gasteiger partial charge in [-0.15, -0.1) is 0 Å². The molecule has 0 unspecified atom stereocenters. The van der Waals surface area contributed by atoms with E-state index in [4.69, 9.17) is 9.47 Å². The number of unbranched alkanes of at least 4 members (excludes halogenated alkanes) is 12. The minimum absolute atomic E-state index is 0.166. The molecule has 9 atom stereocenters. The van der Waals surface area contributed by atoms with E-state index in [1.54, 1.807) is 32.9 Å². The molecule has 0 bridgehead atoms. The second-order valence-electron chi connectivity index (χ2n) is 15.3. The molecule has 0 aliphatic heterocycles. The smallest absolute Gasteiger partial charge is 0.306 e. The molecule has 4 aliphatic rings. The van der Waals surface area contributed by atoms with Crippen molar-refractivity contribution < 1.29 is 44.3 Å². The zero-order valence-electron chi connectivity index (χ0n) is 29.4. The summed E-state index contributed by atoms with van der Waals surface area (Å²) in [6, 6.07) is 0. The van der Waals surface area contributed by atoms with Crippen molar-refractivity contribution in [2.75, 3.05) is 13.2 Å². The molecule has 9 heteroatoms. The van der Waals surface area contributed by atoms with Crippen molar-refractivity contribution in [3.63, 3.8) is 0 Å². The molecule has 4 aliphatic carbocycles. The number of fused-ring (bicyclic) bond motifs is 5. The van der Waals surface area contributed by atoms with Crippen LogP contribution >= 0.6 is 0 Å². The lowest BCUT2D eigenvalue weighted by Crippen LogP contribution is -2.66. The van der Waals surface area contributed by atoms with E-state index in [0.717, 1.165) is 19.3 Å². The number of aliphatic hydroxyl groups is 4. The van der Waals surface area contributed by atoms with Gasteiger partial charge in [0.15, 0.2) is 11.4 Å². The minimum atomic E-state index is -1.99. The Morgan fingerprint density at radius 3 is 1.98 bits per heavy atom. The predicted octanol–water partition coefficient (Wildman–Crippen LogP) is 5.51. The topological polar surface area (TPSA) is 151 Å². The van der Waals surface area contributed by atoms with Crippen LogP contribution in [0.5, 0.6) is 0 Å². The quantitative estimate of drug-likeness (QED) is 0.0848. The van der Waals surface area contributed by atoms with Crippen molar-refractivity contribution in [2.45, 2.75) is 154 Å². The third kappa shape index (κ3) is 6.75. The van der Waals surface area contributed by atoms with Crippen molar-refractivity contribution in [3.8, 4) is 0 Å². The normalized spacial score (nSPS) is 37.2. The number of hydrogen-bond acceptors (Lipinski definition) is 9. The number of ether oxygens (including phenoxy) is 2. The molecule has 4 rings (SSSR count). The fourth-order valence-electron chi connectivity index (χ4n) is 9.57. The highest BCUT2D eigenvalue weighted by molar-refractivity contribution is 6.04. The van der Waals surface area contributed by atoms with Crippen molar-refractivity contribution in [1.82, 2.24) is 0 Å². The Labute approximate surface area is 281 Å². The fraction of sp³-hybridized carbons (Fsp3) is 0.816. The van der Waals surface area contributed by atoms with Crippen LogP contribution < -0.4 is 0 Å². The number of esters is 2. The number of rotatable bonds is 18. The summed E-state index contributed by atoms with van der Waals surface area (Å²) in [5.41, 5.74) is -5.65. The lowest BCUT2D eigenvalue weighted by molar-refractivity contribution is -0.228. The van der Waals surface area contributed by atoms with Crippen LogP contribution in [0.1, 0.15) is 131 Å². The van der Waals surface area contributed by atoms with Crippen LogP contribution in [-0.4, -0.2) is 74.3 Å². The Bertz CT molecular complexity index is 1210. The lowest BCUT2D eigenvalue weighted by Gasteiger charge is -2.53. The highest BCUT2D eigenvalue weighted by Gasteiger charge is 2.89. The lowest BCUT2D eigenvalue weighted by atomic mass is 9.59. The van der Waals surface area contributed by atoms with Crippen LogP contribution in [0.2, 0.25) is 0 Å². The summed E-state index contributed by atoms with van der Waals surface area (Å²) in [6.07, 6.45) is 17.5. The molecule has 0 radical (unpaired) electrons. The summed E-state index contributed by atoms with van der Waals surface area (Å²) < 4.78 is 12.2. The average molecular weight is 661 g/mol. The molecule has 0 aromatic carbocycles. The number of ketones is 1. The van der Waals surface area contributed by atoms with Gasteiger partial charge in [0.1, 0.15) is 11.7 Å². The Morgan fingerprint density at radius 2 is 1.47 bits per heavy atom. The molecular formula is C38H60O9. The summed E-state index contributed by atoms with van der Waals surface area (Å²) in [6.45, 7) is 7.68. The van der Waals surface area contributed by atoms with Gasteiger partial charge in [-0.1, -0.05) is 110 Å². The van der Waals surface area contributed by atoms with Crippen molar-refractivity contribution in [2.24, 2.45) is 29.1 Å². The van der Waals surface area contributed by atoms with Gasteiger partial charge >= 0.3 is 11.9 Å². The van der Waals surface area contributed by atoms with Gasteiger partial charge in [0.2, 0.25) is 0 Å². The molecule has 0 aromatic rings. The van der Waals surface area contributed by atoms with Crippen LogP contribution in [0.3, 0.4) is 0 Å². The van der Waals surface area contributed by atoms with E-state index in [0.29, 0.717) is 17.6 Å². The highest BCUT2D eigenvalue weighted by Crippen LogP contribution is 2.77. The monoisotopic (exact) mass is 660 g/mol. The third-order valence-corrected chi connectivity index (χ3v) is 12.1. The van der Waals surface area contributed by atoms with Gasteiger partial charge in [-0.05, 0) is 24.5 Å². The van der Waals surface area contributed by atoms with E-state index in [-0.39, 0.29) is 12.8 Å². The molecule has 9 nitrogen and oxygen atoms in total. The van der Waals surface area contributed by atoms with Crippen molar-refractivity contribution in [3.05, 3.63) is 23.3 Å². The van der Waals surface area contributed by atoms with Crippen LogP contribution in [0.15, 0.2) is 23.3 Å². The number of carbonyl (C=O) groups excluding carboxylic acids is 3. The van der Waals surface area contributed by atoms with Crippen molar-refractivity contribution in [1.29, 1.82) is 0 Å². The maximum absolute atomic E-state index is 13.4. The summed E-state index contributed by atoms with van der Waals surface area (Å²) >= 11 is 0. The molecular weight excluding hydrogens is 600 g/mol. The largest absolute Gasteiger partial charge is 0.458 e. The SMILES string of the molecule is CCCCCCCCCCCCCCCC(=O)O[C@H]1[C@@H](C)[C@@]2(O)[C@H]3C=C(C)C(=O)[C@]3(O)CC(CO)=C[C@H]2[C@@H]2[C@]1(OC(C)=O)[C@@]2(C)CO. The third-order valence-electron chi connectivity index (χ3n) is 12.1. The summed E-state index contributed by atoms with van der Waals surface area (Å²) in [5.74, 6) is -5.10. The zero-order chi connectivity index (χ0) is 34.6. The average Bonchev–Trinajstić information content (AvgIpc) is 3.51. The van der Waals surface area contributed by atoms with Crippen LogP contribution in [0.25, 0.3) is 0 Å². The van der Waals surface area contributed by atoms with Gasteiger partial charge in [0, 0.05) is 48.9 Å². The first-order chi connectivity index (χ1) is 22.3. The van der Waals surface area contributed by atoms with Crippen LogP contribution in [0, 0.1) is 29.1 Å². The second kappa shape index (κ2) is 15.2. The zero-order valence-corrected chi connectivity index (χ0v) is 29.4. The Hall–Kier alpha value is -2.07. The summed E-state index contributed by atoms with van der Waals surface area (Å²) in [7, 11) is 0. The first kappa shape index (κ1) is 37.7. The molecule has 0 heterocycles. The molecule has 4 N–H and O–H groups in total. The van der Waals surface area contributed by atoms with E-state index in [1.807, 2.05) is 0 Å². The maximum atomic E-state index is 13.4. The van der Waals surface area contributed by atoms with E-state index in [2.05, 4.69) is 6.92 Å². The molecule has 2 fully saturated rings. The van der Waals surface area contributed by atoms with Crippen LogP contribution in [-0.2, 0) is 23.9 Å². The van der Waals surface area contributed by atoms with Gasteiger partial charge in [-0.25, -0.2) is 0 Å². The van der Waals surface area contributed by atoms with Gasteiger partial charge < -0.3 is 29.9 Å². The van der Waals surface area contributed by atoms with E-state index >= 15 is 0 Å². The van der Waals surface area contributed by atoms with Crippen molar-refractivity contribution >= 4 is 17.7 Å². The number of Topliss-reactive ketones (excluding diaryl/α,β-unsaturated/α-hetero) is 1. The minimum Gasteiger partial charge on any atom is -0.458 e. The second-order valence-corrected chi connectivity index (χ2v) is 15.3. The Morgan fingerprint density at radius 1 is 0.915 bits per heavy atom. The number of carbonyl (C=O) groups is 3. The number of aliphatic hydroxyl groups excluding tert-OH is 2. The molecule has 266 valence electrons. The Kier molecular flexibility index (Phi) is 12.2. The van der Waals surface area contributed by atoms with Gasteiger partial charge in [0.05, 0.1) is 18.8 Å². The first-order valence-electron chi connectivity index (χ1n) is 18.3. The van der Waals surface area contributed by atoms with E-state index < -0.39 is 82.9 Å². The molecule has 0 saturated heterocycles. The summed E-state index contributed by atoms with van der Waals surface area (Å²) in [5, 5.41) is 45.6. The van der Waals surface area contributed by atoms with Crippen LogP contribution in [0.4, 0.5) is 0 Å². The Balaban J connectivity index is 1.46. The predicted molar refractivity (Wildman–Crippen MR) is 178 cm³/mol. The molecule has 0 spiro atoms.